The van der Waals surface area contributed by atoms with Crippen LogP contribution in [-0.2, 0) is 9.53 Å². The number of hydrogen-bond acceptors (Lipinski definition) is 7. The maximum atomic E-state index is 13.0. The highest BCUT2D eigenvalue weighted by Crippen LogP contribution is 2.52. The number of anilines is 4. The van der Waals surface area contributed by atoms with Crippen molar-refractivity contribution in [1.29, 1.82) is 5.26 Å². The van der Waals surface area contributed by atoms with Crippen molar-refractivity contribution in [2.45, 2.75) is 12.8 Å². The fourth-order valence-electron chi connectivity index (χ4n) is 4.31. The van der Waals surface area contributed by atoms with Crippen LogP contribution in [0.2, 0.25) is 0 Å². The third kappa shape index (κ3) is 2.93. The third-order valence-electron chi connectivity index (χ3n) is 5.82. The van der Waals surface area contributed by atoms with Gasteiger partial charge in [0.2, 0.25) is 0 Å². The number of benzene rings is 2. The first-order valence-electron chi connectivity index (χ1n) is 9.92. The Hall–Kier alpha value is -3.83. The largest absolute Gasteiger partial charge is 0.456 e. The Labute approximate surface area is 193 Å². The number of halogens is 1. The van der Waals surface area contributed by atoms with Gasteiger partial charge < -0.3 is 16.2 Å². The predicted molar refractivity (Wildman–Crippen MR) is 125 cm³/mol. The highest BCUT2D eigenvalue weighted by molar-refractivity contribution is 9.10. The number of aromatic nitrogens is 1. The normalized spacial score (nSPS) is 17.0. The van der Waals surface area contributed by atoms with E-state index in [0.717, 1.165) is 21.3 Å². The molecule has 0 saturated heterocycles. The molecular weight excluding hydrogens is 470 g/mol. The number of nitrogens with two attached hydrogens (primary N) is 2. The monoisotopic (exact) mass is 487 g/mol. The Balaban J connectivity index is 1.86. The zero-order valence-electron chi connectivity index (χ0n) is 17.1. The Morgan fingerprint density at radius 3 is 2.50 bits per heavy atom. The van der Waals surface area contributed by atoms with Gasteiger partial charge in [0, 0.05) is 21.6 Å². The van der Waals surface area contributed by atoms with Crippen LogP contribution in [0.1, 0.15) is 28.2 Å². The average Bonchev–Trinajstić information content (AvgIpc) is 3.15. The van der Waals surface area contributed by atoms with Crippen molar-refractivity contribution < 1.29 is 9.53 Å². The van der Waals surface area contributed by atoms with E-state index in [0.29, 0.717) is 22.7 Å². The van der Waals surface area contributed by atoms with Gasteiger partial charge in [-0.05, 0) is 36.8 Å². The van der Waals surface area contributed by atoms with E-state index in [1.807, 2.05) is 60.4 Å². The van der Waals surface area contributed by atoms with Crippen LogP contribution in [-0.4, -0.2) is 17.6 Å². The number of cyclic esters (lactones) is 1. The summed E-state index contributed by atoms with van der Waals surface area (Å²) in [7, 11) is 0. The van der Waals surface area contributed by atoms with E-state index >= 15 is 0 Å². The van der Waals surface area contributed by atoms with E-state index in [9.17, 15) is 10.1 Å². The van der Waals surface area contributed by atoms with Crippen LogP contribution >= 0.6 is 15.9 Å². The molecule has 1 unspecified atom stereocenters. The number of nitrogens with zero attached hydrogens (tertiary/aromatic N) is 3. The lowest BCUT2D eigenvalue weighted by molar-refractivity contribution is -0.136. The third-order valence-corrected chi connectivity index (χ3v) is 6.35. The number of carbonyl (C=O) groups excluding carboxylic acids is 1. The molecule has 158 valence electrons. The molecule has 3 heterocycles. The molecule has 8 heteroatoms. The average molecular weight is 488 g/mol. The van der Waals surface area contributed by atoms with Crippen molar-refractivity contribution in [3.8, 4) is 6.07 Å². The Morgan fingerprint density at radius 1 is 1.16 bits per heavy atom. The molecule has 0 spiro atoms. The van der Waals surface area contributed by atoms with Crippen LogP contribution in [0.15, 0.2) is 64.3 Å². The van der Waals surface area contributed by atoms with E-state index < -0.39 is 11.9 Å². The summed E-state index contributed by atoms with van der Waals surface area (Å²) in [6.07, 6.45) is 0. The van der Waals surface area contributed by atoms with Gasteiger partial charge in [0.15, 0.2) is 0 Å². The fraction of sp³-hybridized carbons (Fsp3) is 0.125. The number of nitriles is 1. The number of fused-ring (bicyclic) bond motifs is 1. The van der Waals surface area contributed by atoms with Crippen LogP contribution in [0.5, 0.6) is 0 Å². The molecule has 2 aliphatic heterocycles. The van der Waals surface area contributed by atoms with Crippen LogP contribution in [0, 0.1) is 18.3 Å². The highest BCUT2D eigenvalue weighted by Gasteiger charge is 2.44. The van der Waals surface area contributed by atoms with Gasteiger partial charge in [-0.2, -0.15) is 5.26 Å². The molecule has 2 aromatic carbocycles. The minimum Gasteiger partial charge on any atom is -0.456 e. The van der Waals surface area contributed by atoms with Gasteiger partial charge in [0.25, 0.3) is 0 Å². The molecule has 2 aliphatic rings. The lowest BCUT2D eigenvalue weighted by Crippen LogP contribution is -2.30. The molecule has 32 heavy (non-hydrogen) atoms. The zero-order chi connectivity index (χ0) is 22.6. The summed E-state index contributed by atoms with van der Waals surface area (Å²) in [5.74, 6) is -0.401. The zero-order valence-corrected chi connectivity index (χ0v) is 18.7. The van der Waals surface area contributed by atoms with E-state index in [1.54, 1.807) is 0 Å². The molecule has 1 atom stereocenters. The van der Waals surface area contributed by atoms with Crippen molar-refractivity contribution in [1.82, 2.24) is 4.98 Å². The first kappa shape index (κ1) is 20.1. The summed E-state index contributed by atoms with van der Waals surface area (Å²) in [4.78, 5) is 19.4. The fourth-order valence-corrected chi connectivity index (χ4v) is 4.57. The van der Waals surface area contributed by atoms with Crippen molar-refractivity contribution >= 4 is 44.9 Å². The molecule has 0 bridgehead atoms. The quantitative estimate of drug-likeness (QED) is 0.517. The lowest BCUT2D eigenvalue weighted by atomic mass is 9.80. The van der Waals surface area contributed by atoms with Gasteiger partial charge in [-0.25, -0.2) is 9.78 Å². The predicted octanol–water partition coefficient (Wildman–Crippen LogP) is 4.28. The summed E-state index contributed by atoms with van der Waals surface area (Å²) in [5.41, 5.74) is 17.4. The van der Waals surface area contributed by atoms with Crippen molar-refractivity contribution in [2.75, 3.05) is 23.0 Å². The topological polar surface area (TPSA) is 118 Å². The first-order valence-corrected chi connectivity index (χ1v) is 10.7. The minimum atomic E-state index is -0.525. The standard InChI is InChI=1S/C24H18BrN5O2/c1-12-2-4-13(5-3-12)18-19-17(11-32-24(19)31)30(15-8-6-14(25)7-9-15)23-20(18)21(27)16(10-26)22(28)29-23/h2-9,18H,11H2,1H3,(H4,27,28,29). The molecule has 4 N–H and O–H groups in total. The summed E-state index contributed by atoms with van der Waals surface area (Å²) >= 11 is 3.45. The van der Waals surface area contributed by atoms with Gasteiger partial charge in [-0.15, -0.1) is 0 Å². The first-order chi connectivity index (χ1) is 15.4. The van der Waals surface area contributed by atoms with E-state index in [4.69, 9.17) is 16.2 Å². The molecule has 0 amide bonds. The highest BCUT2D eigenvalue weighted by atomic mass is 79.9. The van der Waals surface area contributed by atoms with Crippen molar-refractivity contribution in [3.63, 3.8) is 0 Å². The molecule has 0 aliphatic carbocycles. The van der Waals surface area contributed by atoms with Crippen LogP contribution in [0.3, 0.4) is 0 Å². The number of hydrogen-bond donors (Lipinski definition) is 2. The molecule has 0 fully saturated rings. The van der Waals surface area contributed by atoms with Crippen molar-refractivity contribution in [3.05, 3.63) is 86.5 Å². The summed E-state index contributed by atoms with van der Waals surface area (Å²) < 4.78 is 6.39. The number of pyridine rings is 1. The molecule has 0 saturated carbocycles. The SMILES string of the molecule is Cc1ccc(C2C3=C(COC3=O)N(c3ccc(Br)cc3)c3nc(N)c(C#N)c(N)c32)cc1. The van der Waals surface area contributed by atoms with Crippen LogP contribution in [0.25, 0.3) is 0 Å². The Morgan fingerprint density at radius 2 is 1.84 bits per heavy atom. The number of ether oxygens (including phenoxy) is 1. The number of nitrogen functional groups attached to an aromatic ring is 2. The van der Waals surface area contributed by atoms with Gasteiger partial charge in [-0.3, -0.25) is 4.90 Å². The van der Waals surface area contributed by atoms with E-state index in [-0.39, 0.29) is 23.7 Å². The number of carbonyl (C=O) groups is 1. The smallest absolute Gasteiger partial charge is 0.337 e. The summed E-state index contributed by atoms with van der Waals surface area (Å²) in [6.45, 7) is 2.10. The number of esters is 1. The van der Waals surface area contributed by atoms with E-state index in [2.05, 4.69) is 27.0 Å². The molecule has 3 aromatic rings. The number of rotatable bonds is 2. The second-order valence-electron chi connectivity index (χ2n) is 7.73. The summed E-state index contributed by atoms with van der Waals surface area (Å²) in [5, 5.41) is 9.67. The van der Waals surface area contributed by atoms with Gasteiger partial charge >= 0.3 is 5.97 Å². The van der Waals surface area contributed by atoms with Crippen molar-refractivity contribution in [2.24, 2.45) is 0 Å². The van der Waals surface area contributed by atoms with Gasteiger partial charge in [-0.1, -0.05) is 45.8 Å². The maximum Gasteiger partial charge on any atom is 0.337 e. The maximum absolute atomic E-state index is 13.0. The van der Waals surface area contributed by atoms with Crippen LogP contribution < -0.4 is 16.4 Å². The van der Waals surface area contributed by atoms with Gasteiger partial charge in [0.05, 0.1) is 17.0 Å². The second-order valence-corrected chi connectivity index (χ2v) is 8.64. The molecule has 0 radical (unpaired) electrons. The number of aryl methyl sites for hydroxylation is 1. The Kier molecular flexibility index (Phi) is 4.64. The molecular formula is C24H18BrN5O2. The minimum absolute atomic E-state index is 0.0443. The molecule has 5 rings (SSSR count). The molecule has 1 aromatic heterocycles. The molecule has 7 nitrogen and oxygen atoms in total. The lowest BCUT2D eigenvalue weighted by Gasteiger charge is -2.36. The van der Waals surface area contributed by atoms with E-state index in [1.165, 1.54) is 0 Å². The van der Waals surface area contributed by atoms with Gasteiger partial charge in [0.1, 0.15) is 29.9 Å². The summed E-state index contributed by atoms with van der Waals surface area (Å²) in [6, 6.07) is 17.5. The Bertz CT molecular complexity index is 1340. The second kappa shape index (κ2) is 7.39. The van der Waals surface area contributed by atoms with Crippen LogP contribution in [0.4, 0.5) is 23.0 Å².